The molecule has 0 spiro atoms. The van der Waals surface area contributed by atoms with Crippen LogP contribution in [0.2, 0.25) is 0 Å². The Bertz CT molecular complexity index is 344. The minimum absolute atomic E-state index is 0.0325. The number of rotatable bonds is 0. The fourth-order valence-electron chi connectivity index (χ4n) is 1.50. The molecule has 2 atom stereocenters. The molecule has 2 rings (SSSR count). The zero-order valence-corrected chi connectivity index (χ0v) is 7.53. The molecule has 0 unspecified atom stereocenters. The molecule has 1 aliphatic heterocycles. The number of hydrogen-bond acceptors (Lipinski definition) is 2. The molecule has 0 aromatic heterocycles. The van der Waals surface area contributed by atoms with Gasteiger partial charge in [0.15, 0.2) is 0 Å². The lowest BCUT2D eigenvalue weighted by molar-refractivity contribution is 0.0951. The topological polar surface area (TPSA) is 29.5 Å². The number of para-hydroxylation sites is 1. The van der Waals surface area contributed by atoms with E-state index in [-0.39, 0.29) is 5.92 Å². The van der Waals surface area contributed by atoms with Gasteiger partial charge in [0.2, 0.25) is 0 Å². The first kappa shape index (κ1) is 8.32. The molecule has 1 heterocycles. The normalized spacial score (nSPS) is 26.5. The molecule has 0 saturated carbocycles. The molecule has 13 heavy (non-hydrogen) atoms. The monoisotopic (exact) mass is 176 g/mol. The smallest absolute Gasteiger partial charge is 0.132 e. The second-order valence-electron chi connectivity index (χ2n) is 3.34. The molecule has 2 nitrogen and oxygen atoms in total. The van der Waals surface area contributed by atoms with Crippen molar-refractivity contribution in [3.63, 3.8) is 0 Å². The highest BCUT2D eigenvalue weighted by Gasteiger charge is 2.28. The van der Waals surface area contributed by atoms with Gasteiger partial charge < -0.3 is 9.84 Å². The van der Waals surface area contributed by atoms with Gasteiger partial charge in [-0.3, -0.25) is 0 Å². The Balaban J connectivity index is 2.49. The van der Waals surface area contributed by atoms with Crippen molar-refractivity contribution in [1.82, 2.24) is 0 Å². The van der Waals surface area contributed by atoms with E-state index in [4.69, 9.17) is 4.74 Å². The van der Waals surface area contributed by atoms with E-state index in [9.17, 15) is 5.11 Å². The summed E-state index contributed by atoms with van der Waals surface area (Å²) in [5, 5.41) is 9.86. The first-order valence-electron chi connectivity index (χ1n) is 4.34. The van der Waals surface area contributed by atoms with Gasteiger partial charge in [0.05, 0.1) is 6.10 Å². The number of aliphatic hydroxyl groups excluding tert-OH is 1. The highest BCUT2D eigenvalue weighted by molar-refractivity contribution is 5.39. The first-order chi connectivity index (χ1) is 6.20. The summed E-state index contributed by atoms with van der Waals surface area (Å²) < 4.78 is 5.46. The van der Waals surface area contributed by atoms with E-state index in [1.165, 1.54) is 0 Å². The highest BCUT2D eigenvalue weighted by atomic mass is 16.5. The van der Waals surface area contributed by atoms with Crippen molar-refractivity contribution in [3.8, 4) is 5.75 Å². The van der Waals surface area contributed by atoms with Gasteiger partial charge in [0.1, 0.15) is 11.5 Å². The van der Waals surface area contributed by atoms with E-state index < -0.39 is 6.10 Å². The predicted octanol–water partition coefficient (Wildman–Crippen LogP) is 2.26. The molecule has 68 valence electrons. The summed E-state index contributed by atoms with van der Waals surface area (Å²) in [6.45, 7) is 5.67. The van der Waals surface area contributed by atoms with Gasteiger partial charge >= 0.3 is 0 Å². The molecule has 1 aromatic carbocycles. The molecule has 0 saturated heterocycles. The van der Waals surface area contributed by atoms with Gasteiger partial charge in [0, 0.05) is 11.5 Å². The van der Waals surface area contributed by atoms with Crippen LogP contribution in [-0.2, 0) is 0 Å². The summed E-state index contributed by atoms with van der Waals surface area (Å²) in [6, 6.07) is 7.50. The largest absolute Gasteiger partial charge is 0.462 e. The van der Waals surface area contributed by atoms with Crippen LogP contribution in [0.15, 0.2) is 36.6 Å². The number of ether oxygens (including phenoxy) is 1. The zero-order chi connectivity index (χ0) is 9.42. The van der Waals surface area contributed by atoms with Gasteiger partial charge in [-0.25, -0.2) is 0 Å². The maximum absolute atomic E-state index is 9.86. The van der Waals surface area contributed by atoms with E-state index in [0.29, 0.717) is 5.76 Å². The lowest BCUT2D eigenvalue weighted by Gasteiger charge is -2.29. The Morgan fingerprint density at radius 3 is 2.85 bits per heavy atom. The van der Waals surface area contributed by atoms with Crippen molar-refractivity contribution in [2.24, 2.45) is 5.92 Å². The Labute approximate surface area is 77.5 Å². The van der Waals surface area contributed by atoms with Gasteiger partial charge in [-0.05, 0) is 6.07 Å². The van der Waals surface area contributed by atoms with E-state index in [1.54, 1.807) is 0 Å². The predicted molar refractivity (Wildman–Crippen MR) is 50.3 cm³/mol. The number of fused-ring (bicyclic) bond motifs is 1. The third-order valence-electron chi connectivity index (χ3n) is 2.46. The van der Waals surface area contributed by atoms with Crippen LogP contribution in [0.5, 0.6) is 5.75 Å². The van der Waals surface area contributed by atoms with Gasteiger partial charge in [0.25, 0.3) is 0 Å². The number of benzene rings is 1. The van der Waals surface area contributed by atoms with Crippen molar-refractivity contribution in [2.45, 2.75) is 13.0 Å². The Morgan fingerprint density at radius 2 is 2.08 bits per heavy atom. The third kappa shape index (κ3) is 1.23. The van der Waals surface area contributed by atoms with Crippen LogP contribution in [0.3, 0.4) is 0 Å². The molecule has 0 amide bonds. The van der Waals surface area contributed by atoms with Crippen LogP contribution >= 0.6 is 0 Å². The van der Waals surface area contributed by atoms with Crippen molar-refractivity contribution in [1.29, 1.82) is 0 Å². The van der Waals surface area contributed by atoms with E-state index >= 15 is 0 Å². The lowest BCUT2D eigenvalue weighted by atomic mass is 9.93. The van der Waals surface area contributed by atoms with Crippen LogP contribution in [0.25, 0.3) is 0 Å². The maximum atomic E-state index is 9.86. The van der Waals surface area contributed by atoms with Crippen molar-refractivity contribution in [3.05, 3.63) is 42.2 Å². The van der Waals surface area contributed by atoms with Gasteiger partial charge in [-0.15, -0.1) is 0 Å². The molecule has 1 aliphatic rings. The van der Waals surface area contributed by atoms with Crippen molar-refractivity contribution >= 4 is 0 Å². The van der Waals surface area contributed by atoms with Crippen LogP contribution in [0.1, 0.15) is 18.6 Å². The quantitative estimate of drug-likeness (QED) is 0.657. The molecule has 1 N–H and O–H groups in total. The van der Waals surface area contributed by atoms with Crippen LogP contribution in [0, 0.1) is 5.92 Å². The summed E-state index contributed by atoms with van der Waals surface area (Å²) in [4.78, 5) is 0. The Kier molecular flexibility index (Phi) is 1.85. The number of aliphatic hydroxyl groups is 1. The minimum atomic E-state index is -0.488. The van der Waals surface area contributed by atoms with Crippen molar-refractivity contribution in [2.75, 3.05) is 0 Å². The van der Waals surface area contributed by atoms with Crippen LogP contribution in [-0.4, -0.2) is 5.11 Å². The molecule has 2 heteroatoms. The van der Waals surface area contributed by atoms with E-state index in [0.717, 1.165) is 11.3 Å². The molecule has 0 radical (unpaired) electrons. The highest BCUT2D eigenvalue weighted by Crippen LogP contribution is 2.38. The summed E-state index contributed by atoms with van der Waals surface area (Å²) in [6.07, 6.45) is -0.488. The first-order valence-corrected chi connectivity index (χ1v) is 4.34. The lowest BCUT2D eigenvalue weighted by Crippen LogP contribution is -2.20. The SMILES string of the molecule is C=C1Oc2ccccc2[C@H](O)[C@H]1C. The fraction of sp³-hybridized carbons (Fsp3) is 0.273. The molecule has 0 bridgehead atoms. The zero-order valence-electron chi connectivity index (χ0n) is 7.53. The maximum Gasteiger partial charge on any atom is 0.132 e. The number of hydrogen-bond donors (Lipinski definition) is 1. The van der Waals surface area contributed by atoms with Crippen molar-refractivity contribution < 1.29 is 9.84 Å². The van der Waals surface area contributed by atoms with Crippen LogP contribution < -0.4 is 4.74 Å². The molecule has 1 aromatic rings. The average molecular weight is 176 g/mol. The van der Waals surface area contributed by atoms with E-state index in [2.05, 4.69) is 6.58 Å². The Morgan fingerprint density at radius 1 is 1.38 bits per heavy atom. The molecule has 0 fully saturated rings. The summed E-state index contributed by atoms with van der Waals surface area (Å²) in [7, 11) is 0. The summed E-state index contributed by atoms with van der Waals surface area (Å²) in [5.74, 6) is 1.32. The minimum Gasteiger partial charge on any atom is -0.462 e. The average Bonchev–Trinajstić information content (AvgIpc) is 2.15. The van der Waals surface area contributed by atoms with Crippen LogP contribution in [0.4, 0.5) is 0 Å². The second-order valence-corrected chi connectivity index (χ2v) is 3.34. The van der Waals surface area contributed by atoms with E-state index in [1.807, 2.05) is 31.2 Å². The van der Waals surface area contributed by atoms with Gasteiger partial charge in [-0.2, -0.15) is 0 Å². The third-order valence-corrected chi connectivity index (χ3v) is 2.46. The second kappa shape index (κ2) is 2.89. The molecular formula is C11H12O2. The molecular weight excluding hydrogens is 164 g/mol. The fourth-order valence-corrected chi connectivity index (χ4v) is 1.50. The standard InChI is InChI=1S/C11H12O2/c1-7-8(2)13-10-6-4-3-5-9(10)11(7)12/h3-7,11-12H,2H2,1H3/t7-,11+/m0/s1. The molecule has 0 aliphatic carbocycles. The van der Waals surface area contributed by atoms with Gasteiger partial charge in [-0.1, -0.05) is 31.7 Å². The summed E-state index contributed by atoms with van der Waals surface area (Å²) in [5.41, 5.74) is 0.849. The summed E-state index contributed by atoms with van der Waals surface area (Å²) >= 11 is 0. The Hall–Kier alpha value is -1.28.